The zero-order valence-corrected chi connectivity index (χ0v) is 22.0. The van der Waals surface area contributed by atoms with Crippen molar-refractivity contribution in [2.24, 2.45) is 5.92 Å². The number of carbonyl (C=O) groups excluding carboxylic acids is 2. The maximum atomic E-state index is 13.6. The molecule has 0 radical (unpaired) electrons. The van der Waals surface area contributed by atoms with Crippen molar-refractivity contribution in [1.82, 2.24) is 10.2 Å². The second-order valence-corrected chi connectivity index (χ2v) is 10.9. The van der Waals surface area contributed by atoms with Crippen molar-refractivity contribution in [3.63, 3.8) is 0 Å². The molecule has 0 saturated carbocycles. The van der Waals surface area contributed by atoms with E-state index in [1.54, 1.807) is 31.2 Å². The summed E-state index contributed by atoms with van der Waals surface area (Å²) < 4.78 is 44.8. The van der Waals surface area contributed by atoms with E-state index in [1.807, 2.05) is 13.8 Å². The van der Waals surface area contributed by atoms with E-state index in [-0.39, 0.29) is 29.1 Å². The minimum absolute atomic E-state index is 0.0329. The first-order valence-corrected chi connectivity index (χ1v) is 13.2. The van der Waals surface area contributed by atoms with E-state index in [4.69, 9.17) is 16.3 Å². The van der Waals surface area contributed by atoms with Gasteiger partial charge in [-0.2, -0.15) is 0 Å². The molecule has 1 atom stereocenters. The minimum Gasteiger partial charge on any atom is -0.497 e. The quantitative estimate of drug-likeness (QED) is 0.483. The Morgan fingerprint density at radius 3 is 2.40 bits per heavy atom. The Balaban J connectivity index is 2.40. The fourth-order valence-corrected chi connectivity index (χ4v) is 4.27. The lowest BCUT2D eigenvalue weighted by molar-refractivity contribution is -0.139. The highest BCUT2D eigenvalue weighted by molar-refractivity contribution is 7.92. The van der Waals surface area contributed by atoms with Gasteiger partial charge in [0.25, 0.3) is 0 Å². The summed E-state index contributed by atoms with van der Waals surface area (Å²) in [5.74, 6) is -0.926. The van der Waals surface area contributed by atoms with Crippen LogP contribution in [0.1, 0.15) is 26.3 Å². The number of rotatable bonds is 11. The second kappa shape index (κ2) is 12.2. The summed E-state index contributed by atoms with van der Waals surface area (Å²) in [4.78, 5) is 27.6. The lowest BCUT2D eigenvalue weighted by Crippen LogP contribution is -2.51. The van der Waals surface area contributed by atoms with Crippen LogP contribution in [-0.2, 0) is 26.2 Å². The highest BCUT2D eigenvalue weighted by Crippen LogP contribution is 2.25. The van der Waals surface area contributed by atoms with Crippen molar-refractivity contribution < 1.29 is 27.1 Å². The monoisotopic (exact) mass is 527 g/mol. The third-order valence-electron chi connectivity index (χ3n) is 5.21. The molecule has 1 N–H and O–H groups in total. The fourth-order valence-electron chi connectivity index (χ4n) is 3.26. The molecule has 11 heteroatoms. The van der Waals surface area contributed by atoms with E-state index in [9.17, 15) is 22.4 Å². The van der Waals surface area contributed by atoms with Gasteiger partial charge in [-0.15, -0.1) is 0 Å². The highest BCUT2D eigenvalue weighted by Gasteiger charge is 2.30. The molecule has 2 rings (SSSR count). The number of carbonyl (C=O) groups is 2. The van der Waals surface area contributed by atoms with Crippen LogP contribution in [0.5, 0.6) is 5.75 Å². The molecule has 0 aliphatic rings. The van der Waals surface area contributed by atoms with Gasteiger partial charge in [0, 0.05) is 13.1 Å². The number of hydrogen-bond donors (Lipinski definition) is 1. The molecular weight excluding hydrogens is 497 g/mol. The predicted octanol–water partition coefficient (Wildman–Crippen LogP) is 3.44. The van der Waals surface area contributed by atoms with Crippen LogP contribution in [0.3, 0.4) is 0 Å². The molecule has 0 fully saturated rings. The standard InChI is InChI=1S/C24H31ClFN3O5S/c1-16(2)13-27-24(31)17(3)28(14-18-7-6-8-20(11-18)34-4)23(30)15-29(35(5,32)33)19-9-10-22(26)21(25)12-19/h6-12,16-17H,13-15H2,1-5H3,(H,27,31). The SMILES string of the molecule is COc1cccc(CN(C(=O)CN(c2ccc(F)c(Cl)c2)S(C)(=O)=O)C(C)C(=O)NCC(C)C)c1. The van der Waals surface area contributed by atoms with Crippen LogP contribution in [0.25, 0.3) is 0 Å². The molecule has 2 aromatic rings. The number of ether oxygens (including phenoxy) is 1. The van der Waals surface area contributed by atoms with Gasteiger partial charge in [-0.25, -0.2) is 12.8 Å². The number of benzene rings is 2. The lowest BCUT2D eigenvalue weighted by Gasteiger charge is -2.31. The van der Waals surface area contributed by atoms with Gasteiger partial charge in [0.2, 0.25) is 21.8 Å². The molecule has 0 bridgehead atoms. The van der Waals surface area contributed by atoms with Crippen LogP contribution < -0.4 is 14.4 Å². The van der Waals surface area contributed by atoms with Gasteiger partial charge in [0.05, 0.1) is 24.1 Å². The zero-order chi connectivity index (χ0) is 26.3. The Morgan fingerprint density at radius 2 is 1.83 bits per heavy atom. The van der Waals surface area contributed by atoms with Gasteiger partial charge in [-0.1, -0.05) is 37.6 Å². The molecule has 8 nitrogen and oxygen atoms in total. The number of methoxy groups -OCH3 is 1. The van der Waals surface area contributed by atoms with Crippen molar-refractivity contribution in [2.45, 2.75) is 33.4 Å². The number of halogens is 2. The summed E-state index contributed by atoms with van der Waals surface area (Å²) in [5.41, 5.74) is 0.724. The molecule has 0 aliphatic carbocycles. The van der Waals surface area contributed by atoms with Gasteiger partial charge in [-0.05, 0) is 48.7 Å². The summed E-state index contributed by atoms with van der Waals surface area (Å²) in [6, 6.07) is 9.49. The topological polar surface area (TPSA) is 96.0 Å². The molecule has 0 spiro atoms. The maximum Gasteiger partial charge on any atom is 0.244 e. The van der Waals surface area contributed by atoms with E-state index in [2.05, 4.69) is 5.32 Å². The van der Waals surface area contributed by atoms with Gasteiger partial charge in [0.15, 0.2) is 0 Å². The summed E-state index contributed by atoms with van der Waals surface area (Å²) in [5, 5.41) is 2.53. The molecule has 0 aromatic heterocycles. The largest absolute Gasteiger partial charge is 0.497 e. The minimum atomic E-state index is -3.94. The Kier molecular flexibility index (Phi) is 9.91. The first kappa shape index (κ1) is 28.4. The van der Waals surface area contributed by atoms with Crippen LogP contribution in [0, 0.1) is 11.7 Å². The van der Waals surface area contributed by atoms with Crippen molar-refractivity contribution in [3.05, 3.63) is 58.9 Å². The zero-order valence-electron chi connectivity index (χ0n) is 20.4. The predicted molar refractivity (Wildman–Crippen MR) is 134 cm³/mol. The maximum absolute atomic E-state index is 13.6. The number of sulfonamides is 1. The third kappa shape index (κ3) is 8.10. The van der Waals surface area contributed by atoms with Crippen LogP contribution in [0.15, 0.2) is 42.5 Å². The number of nitrogens with zero attached hydrogens (tertiary/aromatic N) is 2. The van der Waals surface area contributed by atoms with Gasteiger partial charge >= 0.3 is 0 Å². The average molecular weight is 528 g/mol. The first-order valence-electron chi connectivity index (χ1n) is 11.0. The number of amides is 2. The van der Waals surface area contributed by atoms with Crippen molar-refractivity contribution in [1.29, 1.82) is 0 Å². The molecule has 35 heavy (non-hydrogen) atoms. The molecule has 192 valence electrons. The Hall–Kier alpha value is -2.85. The Morgan fingerprint density at radius 1 is 1.14 bits per heavy atom. The molecule has 0 heterocycles. The van der Waals surface area contributed by atoms with Crippen LogP contribution in [0.4, 0.5) is 10.1 Å². The fraction of sp³-hybridized carbons (Fsp3) is 0.417. The molecule has 2 amide bonds. The van der Waals surface area contributed by atoms with E-state index < -0.39 is 34.3 Å². The molecule has 0 saturated heterocycles. The summed E-state index contributed by atoms with van der Waals surface area (Å²) >= 11 is 5.84. The van der Waals surface area contributed by atoms with E-state index >= 15 is 0 Å². The summed E-state index contributed by atoms with van der Waals surface area (Å²) in [7, 11) is -2.43. The lowest BCUT2D eigenvalue weighted by atomic mass is 10.1. The van der Waals surface area contributed by atoms with Crippen molar-refractivity contribution in [3.8, 4) is 5.75 Å². The molecule has 2 aromatic carbocycles. The van der Waals surface area contributed by atoms with Crippen LogP contribution in [0.2, 0.25) is 5.02 Å². The van der Waals surface area contributed by atoms with E-state index in [1.165, 1.54) is 18.1 Å². The number of anilines is 1. The van der Waals surface area contributed by atoms with E-state index in [0.29, 0.717) is 17.9 Å². The van der Waals surface area contributed by atoms with Gasteiger partial charge < -0.3 is 15.0 Å². The summed E-state index contributed by atoms with van der Waals surface area (Å²) in [6.45, 7) is 5.33. The first-order chi connectivity index (χ1) is 16.3. The Bertz CT molecular complexity index is 1160. The number of hydrogen-bond acceptors (Lipinski definition) is 5. The van der Waals surface area contributed by atoms with Crippen LogP contribution >= 0.6 is 11.6 Å². The van der Waals surface area contributed by atoms with Gasteiger partial charge in [-0.3, -0.25) is 13.9 Å². The van der Waals surface area contributed by atoms with Crippen LogP contribution in [-0.4, -0.2) is 57.6 Å². The summed E-state index contributed by atoms with van der Waals surface area (Å²) in [6.07, 6.45) is 0.933. The normalized spacial score (nSPS) is 12.2. The molecule has 0 aliphatic heterocycles. The second-order valence-electron chi connectivity index (χ2n) is 8.56. The Labute approximate surface area is 211 Å². The molecular formula is C24H31ClFN3O5S. The van der Waals surface area contributed by atoms with Gasteiger partial charge in [0.1, 0.15) is 24.2 Å². The average Bonchev–Trinajstić information content (AvgIpc) is 2.80. The van der Waals surface area contributed by atoms with Crippen molar-refractivity contribution >= 4 is 39.1 Å². The molecule has 1 unspecified atom stereocenters. The highest BCUT2D eigenvalue weighted by atomic mass is 35.5. The number of nitrogens with one attached hydrogen (secondary N) is 1. The van der Waals surface area contributed by atoms with E-state index in [0.717, 1.165) is 22.7 Å². The smallest absolute Gasteiger partial charge is 0.244 e. The van der Waals surface area contributed by atoms with Crippen molar-refractivity contribution in [2.75, 3.05) is 30.8 Å². The third-order valence-corrected chi connectivity index (χ3v) is 6.64.